The molecule has 0 radical (unpaired) electrons. The molecule has 0 saturated carbocycles. The SMILES string of the molecule is CCCc1cc(=O)[nH]c(Sc2ccc(C(=N)N)cn2)n1. The number of rotatable bonds is 5. The van der Waals surface area contributed by atoms with Crippen LogP contribution in [0.5, 0.6) is 0 Å². The second kappa shape index (κ2) is 6.33. The second-order valence-electron chi connectivity index (χ2n) is 4.19. The number of aromatic nitrogens is 3. The minimum Gasteiger partial charge on any atom is -0.384 e. The van der Waals surface area contributed by atoms with Crippen molar-refractivity contribution in [2.24, 2.45) is 5.73 Å². The molecule has 2 heterocycles. The molecule has 0 fully saturated rings. The van der Waals surface area contributed by atoms with Gasteiger partial charge in [-0.1, -0.05) is 13.3 Å². The molecule has 20 heavy (non-hydrogen) atoms. The number of nitrogen functional groups attached to an aromatic ring is 1. The van der Waals surface area contributed by atoms with E-state index in [4.69, 9.17) is 11.1 Å². The first kappa shape index (κ1) is 14.3. The molecule has 6 nitrogen and oxygen atoms in total. The highest BCUT2D eigenvalue weighted by atomic mass is 32.2. The summed E-state index contributed by atoms with van der Waals surface area (Å²) < 4.78 is 0. The van der Waals surface area contributed by atoms with Gasteiger partial charge in [0, 0.05) is 23.5 Å². The van der Waals surface area contributed by atoms with E-state index in [-0.39, 0.29) is 11.4 Å². The minimum absolute atomic E-state index is 0.0227. The Labute approximate surface area is 120 Å². The van der Waals surface area contributed by atoms with Crippen molar-refractivity contribution in [1.82, 2.24) is 15.0 Å². The van der Waals surface area contributed by atoms with Crippen LogP contribution in [0.15, 0.2) is 39.4 Å². The van der Waals surface area contributed by atoms with E-state index >= 15 is 0 Å². The third kappa shape index (κ3) is 3.67. The second-order valence-corrected chi connectivity index (χ2v) is 5.20. The lowest BCUT2D eigenvalue weighted by Crippen LogP contribution is -2.11. The minimum atomic E-state index is -0.161. The zero-order chi connectivity index (χ0) is 14.5. The van der Waals surface area contributed by atoms with Gasteiger partial charge < -0.3 is 10.7 Å². The van der Waals surface area contributed by atoms with Gasteiger partial charge in [0.25, 0.3) is 5.56 Å². The smallest absolute Gasteiger partial charge is 0.251 e. The van der Waals surface area contributed by atoms with Crippen LogP contribution >= 0.6 is 11.8 Å². The van der Waals surface area contributed by atoms with Gasteiger partial charge in [0.05, 0.1) is 0 Å². The van der Waals surface area contributed by atoms with Gasteiger partial charge in [-0.05, 0) is 30.3 Å². The summed E-state index contributed by atoms with van der Waals surface area (Å²) in [4.78, 5) is 22.8. The standard InChI is InChI=1S/C13H15N5OS/c1-2-3-9-6-10(19)18-13(17-9)20-11-5-4-8(7-16-11)12(14)15/h4-7H,2-3H2,1H3,(H3,14,15)(H,17,18,19). The maximum absolute atomic E-state index is 11.5. The Morgan fingerprint density at radius 2 is 2.30 bits per heavy atom. The van der Waals surface area contributed by atoms with Crippen LogP contribution in [0.2, 0.25) is 0 Å². The fourth-order valence-electron chi connectivity index (χ4n) is 1.62. The molecule has 0 bridgehead atoms. The van der Waals surface area contributed by atoms with Gasteiger partial charge >= 0.3 is 0 Å². The van der Waals surface area contributed by atoms with Crippen LogP contribution in [0.25, 0.3) is 0 Å². The van der Waals surface area contributed by atoms with E-state index in [1.165, 1.54) is 24.0 Å². The molecular formula is C13H15N5OS. The molecule has 0 aliphatic carbocycles. The Bertz CT molecular complexity index is 665. The van der Waals surface area contributed by atoms with Crippen molar-refractivity contribution in [3.8, 4) is 0 Å². The highest BCUT2D eigenvalue weighted by molar-refractivity contribution is 7.99. The summed E-state index contributed by atoms with van der Waals surface area (Å²) >= 11 is 1.27. The Morgan fingerprint density at radius 3 is 2.90 bits per heavy atom. The molecule has 0 atom stereocenters. The average molecular weight is 289 g/mol. The number of aromatic amines is 1. The van der Waals surface area contributed by atoms with E-state index in [1.54, 1.807) is 12.1 Å². The van der Waals surface area contributed by atoms with E-state index in [0.717, 1.165) is 18.5 Å². The van der Waals surface area contributed by atoms with Crippen LogP contribution in [-0.2, 0) is 6.42 Å². The molecule has 0 spiro atoms. The molecule has 0 aliphatic heterocycles. The van der Waals surface area contributed by atoms with Crippen LogP contribution in [0.3, 0.4) is 0 Å². The molecular weight excluding hydrogens is 274 g/mol. The van der Waals surface area contributed by atoms with Crippen molar-refractivity contribution < 1.29 is 0 Å². The maximum atomic E-state index is 11.5. The zero-order valence-electron chi connectivity index (χ0n) is 11.0. The molecule has 0 saturated heterocycles. The number of amidine groups is 1. The van der Waals surface area contributed by atoms with E-state index in [9.17, 15) is 4.79 Å². The lowest BCUT2D eigenvalue weighted by Gasteiger charge is -2.03. The van der Waals surface area contributed by atoms with Crippen molar-refractivity contribution in [1.29, 1.82) is 5.41 Å². The summed E-state index contributed by atoms with van der Waals surface area (Å²) in [5, 5.41) is 8.51. The number of H-pyrrole nitrogens is 1. The molecule has 0 unspecified atom stereocenters. The summed E-state index contributed by atoms with van der Waals surface area (Å²) in [6.45, 7) is 2.04. The maximum Gasteiger partial charge on any atom is 0.251 e. The summed E-state index contributed by atoms with van der Waals surface area (Å²) in [5.41, 5.74) is 6.55. The number of nitrogens with two attached hydrogens (primary N) is 1. The number of nitrogens with one attached hydrogen (secondary N) is 2. The quantitative estimate of drug-likeness (QED) is 0.439. The van der Waals surface area contributed by atoms with Gasteiger partial charge in [-0.25, -0.2) is 9.97 Å². The Morgan fingerprint density at radius 1 is 1.50 bits per heavy atom. The molecule has 0 aromatic carbocycles. The molecule has 2 aromatic heterocycles. The van der Waals surface area contributed by atoms with Gasteiger partial charge in [-0.2, -0.15) is 0 Å². The van der Waals surface area contributed by atoms with Crippen molar-refractivity contribution in [3.05, 3.63) is 46.0 Å². The van der Waals surface area contributed by atoms with E-state index < -0.39 is 0 Å². The van der Waals surface area contributed by atoms with Crippen LogP contribution < -0.4 is 11.3 Å². The first-order valence-electron chi connectivity index (χ1n) is 6.17. The fourth-order valence-corrected chi connectivity index (χ4v) is 2.37. The lowest BCUT2D eigenvalue weighted by atomic mass is 10.2. The van der Waals surface area contributed by atoms with Gasteiger partial charge in [0.2, 0.25) is 0 Å². The molecule has 7 heteroatoms. The summed E-state index contributed by atoms with van der Waals surface area (Å²) in [5.74, 6) is -0.0227. The van der Waals surface area contributed by atoms with Crippen LogP contribution in [0.4, 0.5) is 0 Å². The number of aryl methyl sites for hydroxylation is 1. The number of nitrogens with zero attached hydrogens (tertiary/aromatic N) is 2. The monoisotopic (exact) mass is 289 g/mol. The van der Waals surface area contributed by atoms with Crippen molar-refractivity contribution in [2.75, 3.05) is 0 Å². The normalized spacial score (nSPS) is 10.4. The van der Waals surface area contributed by atoms with E-state index in [2.05, 4.69) is 15.0 Å². The van der Waals surface area contributed by atoms with Crippen LogP contribution in [-0.4, -0.2) is 20.8 Å². The molecule has 4 N–H and O–H groups in total. The Balaban J connectivity index is 2.20. The summed E-state index contributed by atoms with van der Waals surface area (Å²) in [7, 11) is 0. The highest BCUT2D eigenvalue weighted by Gasteiger charge is 2.05. The van der Waals surface area contributed by atoms with Crippen LogP contribution in [0.1, 0.15) is 24.6 Å². The number of hydrogen-bond donors (Lipinski definition) is 3. The van der Waals surface area contributed by atoms with Gasteiger partial charge in [-0.3, -0.25) is 10.2 Å². The Hall–Kier alpha value is -2.15. The van der Waals surface area contributed by atoms with Crippen molar-refractivity contribution >= 4 is 17.6 Å². The molecule has 0 amide bonds. The summed E-state index contributed by atoms with van der Waals surface area (Å²) in [6.07, 6.45) is 3.24. The van der Waals surface area contributed by atoms with Gasteiger partial charge in [0.15, 0.2) is 5.16 Å². The highest BCUT2D eigenvalue weighted by Crippen LogP contribution is 2.21. The predicted octanol–water partition coefficient (Wildman–Crippen LogP) is 1.55. The fraction of sp³-hybridized carbons (Fsp3) is 0.231. The first-order chi connectivity index (χ1) is 9.58. The Kier molecular flexibility index (Phi) is 4.52. The van der Waals surface area contributed by atoms with Crippen LogP contribution in [0, 0.1) is 5.41 Å². The third-order valence-corrected chi connectivity index (χ3v) is 3.37. The number of hydrogen-bond acceptors (Lipinski definition) is 5. The van der Waals surface area contributed by atoms with Crippen molar-refractivity contribution in [3.63, 3.8) is 0 Å². The van der Waals surface area contributed by atoms with E-state index in [1.807, 2.05) is 6.92 Å². The topological polar surface area (TPSA) is 109 Å². The third-order valence-electron chi connectivity index (χ3n) is 2.53. The number of pyridine rings is 1. The average Bonchev–Trinajstić information content (AvgIpc) is 2.39. The van der Waals surface area contributed by atoms with E-state index in [0.29, 0.717) is 15.7 Å². The van der Waals surface area contributed by atoms with Gasteiger partial charge in [0.1, 0.15) is 10.9 Å². The molecule has 0 aliphatic rings. The molecule has 104 valence electrons. The summed E-state index contributed by atoms with van der Waals surface area (Å²) in [6, 6.07) is 4.97. The largest absolute Gasteiger partial charge is 0.384 e. The van der Waals surface area contributed by atoms with Gasteiger partial charge in [-0.15, -0.1) is 0 Å². The molecule has 2 aromatic rings. The zero-order valence-corrected chi connectivity index (χ0v) is 11.8. The lowest BCUT2D eigenvalue weighted by molar-refractivity contribution is 0.815. The molecule has 2 rings (SSSR count). The van der Waals surface area contributed by atoms with Crippen molar-refractivity contribution in [2.45, 2.75) is 29.9 Å². The predicted molar refractivity (Wildman–Crippen MR) is 78.2 cm³/mol. The first-order valence-corrected chi connectivity index (χ1v) is 6.98.